The molecule has 2 rings (SSSR count). The molecular weight excluding hydrogens is 302 g/mol. The summed E-state index contributed by atoms with van der Waals surface area (Å²) in [7, 11) is 0. The Labute approximate surface area is 121 Å². The van der Waals surface area contributed by atoms with Gasteiger partial charge in [-0.2, -0.15) is 5.26 Å². The van der Waals surface area contributed by atoms with Crippen LogP contribution in [0.15, 0.2) is 40.9 Å². The van der Waals surface area contributed by atoms with E-state index in [2.05, 4.69) is 35.0 Å². The molecule has 0 fully saturated rings. The number of nitrogens with zero attached hydrogens (tertiary/aromatic N) is 1. The van der Waals surface area contributed by atoms with Crippen molar-refractivity contribution in [1.29, 1.82) is 5.26 Å². The van der Waals surface area contributed by atoms with Crippen LogP contribution in [-0.2, 0) is 6.61 Å². The van der Waals surface area contributed by atoms with Crippen LogP contribution in [0.3, 0.4) is 0 Å². The zero-order valence-electron chi connectivity index (χ0n) is 10.9. The number of hydrogen-bond donors (Lipinski definition) is 0. The Morgan fingerprint density at radius 1 is 1.16 bits per heavy atom. The average molecular weight is 316 g/mol. The molecular formula is C16H14BrNO. The van der Waals surface area contributed by atoms with Gasteiger partial charge in [0.05, 0.1) is 16.1 Å². The van der Waals surface area contributed by atoms with Crippen LogP contribution in [0.2, 0.25) is 0 Å². The maximum atomic E-state index is 8.75. The highest BCUT2D eigenvalue weighted by molar-refractivity contribution is 9.10. The third kappa shape index (κ3) is 3.36. The maximum absolute atomic E-state index is 8.75. The lowest BCUT2D eigenvalue weighted by Crippen LogP contribution is -1.98. The van der Waals surface area contributed by atoms with Crippen molar-refractivity contribution in [1.82, 2.24) is 0 Å². The fourth-order valence-electron chi connectivity index (χ4n) is 1.92. The van der Waals surface area contributed by atoms with Crippen LogP contribution in [-0.4, -0.2) is 0 Å². The molecule has 0 heterocycles. The van der Waals surface area contributed by atoms with Crippen molar-refractivity contribution in [2.45, 2.75) is 20.5 Å². The third-order valence-electron chi connectivity index (χ3n) is 2.84. The summed E-state index contributed by atoms with van der Waals surface area (Å²) in [6.45, 7) is 4.59. The predicted molar refractivity (Wildman–Crippen MR) is 79.1 cm³/mol. The molecule has 0 aliphatic heterocycles. The minimum atomic E-state index is 0.494. The largest absolute Gasteiger partial charge is 0.487 e. The molecule has 3 heteroatoms. The van der Waals surface area contributed by atoms with E-state index in [1.807, 2.05) is 25.1 Å². The van der Waals surface area contributed by atoms with Gasteiger partial charge in [-0.3, -0.25) is 0 Å². The van der Waals surface area contributed by atoms with Gasteiger partial charge in [0, 0.05) is 0 Å². The predicted octanol–water partition coefficient (Wildman–Crippen LogP) is 4.52. The van der Waals surface area contributed by atoms with E-state index in [0.717, 1.165) is 21.3 Å². The van der Waals surface area contributed by atoms with Gasteiger partial charge in [-0.1, -0.05) is 18.2 Å². The number of halogens is 1. The summed E-state index contributed by atoms with van der Waals surface area (Å²) < 4.78 is 6.82. The van der Waals surface area contributed by atoms with Gasteiger partial charge in [0.25, 0.3) is 0 Å². The molecule has 0 aliphatic carbocycles. The van der Waals surface area contributed by atoms with Gasteiger partial charge in [-0.25, -0.2) is 0 Å². The highest BCUT2D eigenvalue weighted by atomic mass is 79.9. The van der Waals surface area contributed by atoms with E-state index in [4.69, 9.17) is 10.00 Å². The Morgan fingerprint density at radius 2 is 1.84 bits per heavy atom. The number of aryl methyl sites for hydroxylation is 2. The van der Waals surface area contributed by atoms with Crippen molar-refractivity contribution in [3.8, 4) is 11.8 Å². The zero-order valence-corrected chi connectivity index (χ0v) is 12.5. The van der Waals surface area contributed by atoms with Gasteiger partial charge in [0.2, 0.25) is 0 Å². The molecule has 0 aliphatic rings. The van der Waals surface area contributed by atoms with Crippen LogP contribution in [0, 0.1) is 25.2 Å². The molecule has 0 saturated heterocycles. The minimum Gasteiger partial charge on any atom is -0.487 e. The van der Waals surface area contributed by atoms with Gasteiger partial charge in [-0.15, -0.1) is 0 Å². The first-order valence-electron chi connectivity index (χ1n) is 5.99. The van der Waals surface area contributed by atoms with Crippen LogP contribution in [0.1, 0.15) is 22.3 Å². The Kier molecular flexibility index (Phi) is 4.24. The van der Waals surface area contributed by atoms with Crippen molar-refractivity contribution >= 4 is 15.9 Å². The normalized spacial score (nSPS) is 10.0. The average Bonchev–Trinajstić information content (AvgIpc) is 2.38. The van der Waals surface area contributed by atoms with Crippen LogP contribution >= 0.6 is 15.9 Å². The quantitative estimate of drug-likeness (QED) is 0.834. The highest BCUT2D eigenvalue weighted by Crippen LogP contribution is 2.30. The van der Waals surface area contributed by atoms with Gasteiger partial charge >= 0.3 is 0 Å². The smallest absolute Gasteiger partial charge is 0.136 e. The van der Waals surface area contributed by atoms with Crippen molar-refractivity contribution < 1.29 is 4.74 Å². The fourth-order valence-corrected chi connectivity index (χ4v) is 2.70. The van der Waals surface area contributed by atoms with E-state index < -0.39 is 0 Å². The van der Waals surface area contributed by atoms with E-state index in [1.165, 1.54) is 5.56 Å². The standard InChI is InChI=1S/C16H14BrNO/c1-11-7-12(2)16(15(17)8-11)19-10-14-5-3-13(9-18)4-6-14/h3-8H,10H2,1-2H3. The van der Waals surface area contributed by atoms with Crippen molar-refractivity contribution in [2.75, 3.05) is 0 Å². The topological polar surface area (TPSA) is 33.0 Å². The van der Waals surface area contributed by atoms with Crippen molar-refractivity contribution in [2.24, 2.45) is 0 Å². The number of benzene rings is 2. The summed E-state index contributed by atoms with van der Waals surface area (Å²) in [4.78, 5) is 0. The molecule has 2 aromatic carbocycles. The first kappa shape index (κ1) is 13.6. The molecule has 2 aromatic rings. The van der Waals surface area contributed by atoms with Gasteiger partial charge in [-0.05, 0) is 64.7 Å². The Hall–Kier alpha value is -1.79. The Morgan fingerprint density at radius 3 is 2.42 bits per heavy atom. The van der Waals surface area contributed by atoms with E-state index in [9.17, 15) is 0 Å². The Balaban J connectivity index is 2.12. The summed E-state index contributed by atoms with van der Waals surface area (Å²) >= 11 is 3.53. The van der Waals surface area contributed by atoms with E-state index >= 15 is 0 Å². The molecule has 0 saturated carbocycles. The second-order valence-electron chi connectivity index (χ2n) is 4.49. The first-order valence-corrected chi connectivity index (χ1v) is 6.78. The van der Waals surface area contributed by atoms with Gasteiger partial charge in [0.15, 0.2) is 0 Å². The summed E-state index contributed by atoms with van der Waals surface area (Å²) in [5.41, 5.74) is 4.03. The van der Waals surface area contributed by atoms with Crippen molar-refractivity contribution in [3.63, 3.8) is 0 Å². The summed E-state index contributed by atoms with van der Waals surface area (Å²) in [5.74, 6) is 0.870. The number of nitriles is 1. The molecule has 2 nitrogen and oxygen atoms in total. The third-order valence-corrected chi connectivity index (χ3v) is 3.43. The lowest BCUT2D eigenvalue weighted by molar-refractivity contribution is 0.302. The first-order chi connectivity index (χ1) is 9.10. The molecule has 0 bridgehead atoms. The second-order valence-corrected chi connectivity index (χ2v) is 5.34. The monoisotopic (exact) mass is 315 g/mol. The molecule has 0 N–H and O–H groups in total. The van der Waals surface area contributed by atoms with Crippen LogP contribution in [0.5, 0.6) is 5.75 Å². The molecule has 19 heavy (non-hydrogen) atoms. The number of ether oxygens (including phenoxy) is 1. The summed E-state index contributed by atoms with van der Waals surface area (Å²) in [6.07, 6.45) is 0. The SMILES string of the molecule is Cc1cc(C)c(OCc2ccc(C#N)cc2)c(Br)c1. The Bertz CT molecular complexity index is 603. The molecule has 96 valence electrons. The van der Waals surface area contributed by atoms with E-state index in [1.54, 1.807) is 12.1 Å². The molecule has 0 radical (unpaired) electrons. The molecule has 0 unspecified atom stereocenters. The van der Waals surface area contributed by atoms with Gasteiger partial charge in [0.1, 0.15) is 12.4 Å². The van der Waals surface area contributed by atoms with Crippen LogP contribution in [0.4, 0.5) is 0 Å². The summed E-state index contributed by atoms with van der Waals surface area (Å²) in [6, 6.07) is 13.7. The van der Waals surface area contributed by atoms with E-state index in [-0.39, 0.29) is 0 Å². The van der Waals surface area contributed by atoms with Gasteiger partial charge < -0.3 is 4.74 Å². The van der Waals surface area contributed by atoms with Crippen LogP contribution in [0.25, 0.3) is 0 Å². The second kappa shape index (κ2) is 5.90. The molecule has 0 aromatic heterocycles. The number of rotatable bonds is 3. The molecule has 0 atom stereocenters. The molecule has 0 spiro atoms. The van der Waals surface area contributed by atoms with E-state index in [0.29, 0.717) is 12.2 Å². The zero-order chi connectivity index (χ0) is 13.8. The number of hydrogen-bond acceptors (Lipinski definition) is 2. The van der Waals surface area contributed by atoms with Crippen molar-refractivity contribution in [3.05, 3.63) is 63.1 Å². The maximum Gasteiger partial charge on any atom is 0.136 e. The van der Waals surface area contributed by atoms with Crippen LogP contribution < -0.4 is 4.74 Å². The highest BCUT2D eigenvalue weighted by Gasteiger charge is 2.06. The minimum absolute atomic E-state index is 0.494. The summed E-state index contributed by atoms with van der Waals surface area (Å²) in [5, 5.41) is 8.75. The lowest BCUT2D eigenvalue weighted by Gasteiger charge is -2.12. The molecule has 0 amide bonds. The lowest BCUT2D eigenvalue weighted by atomic mass is 10.1. The fraction of sp³-hybridized carbons (Fsp3) is 0.188.